The van der Waals surface area contributed by atoms with Crippen LogP contribution in [0.4, 0.5) is 0 Å². The van der Waals surface area contributed by atoms with E-state index in [9.17, 15) is 0 Å². The van der Waals surface area contributed by atoms with Crippen LogP contribution >= 0.6 is 11.8 Å². The van der Waals surface area contributed by atoms with Gasteiger partial charge in [-0.2, -0.15) is 0 Å². The molecular weight excluding hydrogens is 147 g/mol. The quantitative estimate of drug-likeness (QED) is 0.446. The summed E-state index contributed by atoms with van der Waals surface area (Å²) in [5, 5.41) is 1.35. The summed E-state index contributed by atoms with van der Waals surface area (Å²) in [4.78, 5) is 0. The Balaban J connectivity index is 3.02. The third-order valence-corrected chi connectivity index (χ3v) is 2.89. The fourth-order valence-corrected chi connectivity index (χ4v) is 1.87. The molecule has 0 unspecified atom stereocenters. The number of thioether (sulfide) groups is 1. The molecule has 0 heterocycles. The second-order valence-corrected chi connectivity index (χ2v) is 5.94. The molecule has 0 rings (SSSR count). The summed E-state index contributed by atoms with van der Waals surface area (Å²) >= 11 is 4.34. The molecule has 0 N–H and O–H groups in total. The average Bonchev–Trinajstić information content (AvgIpc) is 1.85. The van der Waals surface area contributed by atoms with Crippen molar-refractivity contribution >= 4 is 29.5 Å². The molecule has 0 bridgehead atoms. The van der Waals surface area contributed by atoms with Crippen molar-refractivity contribution in [3.63, 3.8) is 0 Å². The van der Waals surface area contributed by atoms with Gasteiger partial charge >= 0.3 is 85.1 Å². The maximum atomic E-state index is 2.29. The standard InChI is InChI=1S/C9H19S.Li/c1-5-6-7-8-10-9(2,3)4;/h1,5-8H2,2-4H3;. The van der Waals surface area contributed by atoms with Crippen LogP contribution in [0.1, 0.15) is 40.0 Å². The van der Waals surface area contributed by atoms with Crippen molar-refractivity contribution in [2.75, 3.05) is 5.75 Å². The van der Waals surface area contributed by atoms with Gasteiger partial charge in [-0.15, -0.1) is 0 Å². The van der Waals surface area contributed by atoms with E-state index in [2.05, 4.69) is 50.2 Å². The van der Waals surface area contributed by atoms with Crippen molar-refractivity contribution < 1.29 is 0 Å². The molecule has 0 aliphatic carbocycles. The molecular formula is C9H19LiS. The van der Waals surface area contributed by atoms with Gasteiger partial charge in [0.15, 0.2) is 0 Å². The molecule has 0 nitrogen and oxygen atoms in total. The molecule has 0 atom stereocenters. The zero-order valence-corrected chi connectivity index (χ0v) is 9.26. The Hall–Kier alpha value is 0.947. The predicted molar refractivity (Wildman–Crippen MR) is 56.6 cm³/mol. The van der Waals surface area contributed by atoms with Crippen molar-refractivity contribution in [1.82, 2.24) is 0 Å². The van der Waals surface area contributed by atoms with Gasteiger partial charge in [0.1, 0.15) is 0 Å². The van der Waals surface area contributed by atoms with Crippen molar-refractivity contribution in [2.45, 2.75) is 49.9 Å². The van der Waals surface area contributed by atoms with Gasteiger partial charge in [-0.05, 0) is 0 Å². The second kappa shape index (κ2) is 6.46. The molecule has 0 fully saturated rings. The van der Waals surface area contributed by atoms with Crippen LogP contribution in [-0.2, 0) is 0 Å². The van der Waals surface area contributed by atoms with Crippen LogP contribution in [0, 0.1) is 0 Å². The molecule has 0 amide bonds. The van der Waals surface area contributed by atoms with Crippen LogP contribution in [0.15, 0.2) is 0 Å². The van der Waals surface area contributed by atoms with Gasteiger partial charge < -0.3 is 0 Å². The molecule has 2 heteroatoms. The van der Waals surface area contributed by atoms with Crippen LogP contribution in [0.3, 0.4) is 0 Å². The van der Waals surface area contributed by atoms with Crippen molar-refractivity contribution in [3.05, 3.63) is 0 Å². The zero-order valence-electron chi connectivity index (χ0n) is 8.44. The molecule has 0 radical (unpaired) electrons. The first-order valence-electron chi connectivity index (χ1n) is 4.70. The summed E-state index contributed by atoms with van der Waals surface area (Å²) in [7, 11) is 0. The Labute approximate surface area is 85.1 Å². The van der Waals surface area contributed by atoms with Crippen LogP contribution in [0.2, 0.25) is 5.09 Å². The molecule has 0 aromatic rings. The van der Waals surface area contributed by atoms with E-state index in [-0.39, 0.29) is 0 Å². The van der Waals surface area contributed by atoms with Gasteiger partial charge in [-0.3, -0.25) is 0 Å². The zero-order chi connectivity index (χ0) is 8.74. The van der Waals surface area contributed by atoms with Crippen LogP contribution in [-0.4, -0.2) is 28.2 Å². The van der Waals surface area contributed by atoms with Crippen LogP contribution in [0.25, 0.3) is 0 Å². The number of hydrogen-bond acceptors (Lipinski definition) is 1. The number of unbranched alkanes of at least 4 members (excludes halogenated alkanes) is 2. The van der Waals surface area contributed by atoms with E-state index in [1.807, 2.05) is 0 Å². The van der Waals surface area contributed by atoms with E-state index in [4.69, 9.17) is 0 Å². The van der Waals surface area contributed by atoms with Gasteiger partial charge in [-0.25, -0.2) is 0 Å². The van der Waals surface area contributed by atoms with Crippen LogP contribution < -0.4 is 0 Å². The molecule has 11 heavy (non-hydrogen) atoms. The summed E-state index contributed by atoms with van der Waals surface area (Å²) in [6.45, 7) is 6.87. The predicted octanol–water partition coefficient (Wildman–Crippen LogP) is 3.28. The first-order valence-corrected chi connectivity index (χ1v) is 5.69. The molecule has 0 aliphatic heterocycles. The topological polar surface area (TPSA) is 0 Å². The Morgan fingerprint density at radius 2 is 1.73 bits per heavy atom. The van der Waals surface area contributed by atoms with E-state index in [1.54, 1.807) is 0 Å². The SMILES string of the molecule is [Li][CH2]CCCCSC(C)(C)C. The summed E-state index contributed by atoms with van der Waals surface area (Å²) in [5.74, 6) is 1.34. The summed E-state index contributed by atoms with van der Waals surface area (Å²) in [6, 6.07) is 0. The Morgan fingerprint density at radius 1 is 1.09 bits per heavy atom. The Bertz CT molecular complexity index is 86.1. The molecule has 62 valence electrons. The molecule has 0 aromatic heterocycles. The number of rotatable bonds is 5. The monoisotopic (exact) mass is 166 g/mol. The Morgan fingerprint density at radius 3 is 2.18 bits per heavy atom. The molecule has 0 saturated carbocycles. The van der Waals surface area contributed by atoms with Crippen molar-refractivity contribution in [3.8, 4) is 0 Å². The first kappa shape index (κ1) is 11.9. The van der Waals surface area contributed by atoms with Gasteiger partial charge in [-0.1, -0.05) is 0 Å². The van der Waals surface area contributed by atoms with Crippen LogP contribution in [0.5, 0.6) is 0 Å². The maximum absolute atomic E-state index is 2.29. The minimum absolute atomic E-state index is 0.464. The third-order valence-electron chi connectivity index (χ3n) is 1.53. The first-order chi connectivity index (χ1) is 5.06. The van der Waals surface area contributed by atoms with E-state index in [0.717, 1.165) is 0 Å². The van der Waals surface area contributed by atoms with Crippen molar-refractivity contribution in [1.29, 1.82) is 0 Å². The van der Waals surface area contributed by atoms with Crippen molar-refractivity contribution in [2.24, 2.45) is 0 Å². The number of hydrogen-bond donors (Lipinski definition) is 0. The normalized spacial score (nSPS) is 12.1. The van der Waals surface area contributed by atoms with E-state index >= 15 is 0 Å². The molecule has 0 aliphatic rings. The fraction of sp³-hybridized carbons (Fsp3) is 1.00. The molecule has 0 spiro atoms. The minimum atomic E-state index is 0.464. The molecule has 0 saturated heterocycles. The average molecular weight is 166 g/mol. The second-order valence-electron chi connectivity index (χ2n) is 4.02. The van der Waals surface area contributed by atoms with E-state index in [0.29, 0.717) is 4.75 Å². The van der Waals surface area contributed by atoms with Gasteiger partial charge in [0.05, 0.1) is 0 Å². The van der Waals surface area contributed by atoms with Gasteiger partial charge in [0.2, 0.25) is 0 Å². The van der Waals surface area contributed by atoms with E-state index < -0.39 is 0 Å². The Kier molecular flexibility index (Phi) is 7.02. The summed E-state index contributed by atoms with van der Waals surface area (Å²) < 4.78 is 0.464. The summed E-state index contributed by atoms with van der Waals surface area (Å²) in [5.41, 5.74) is 0. The third kappa shape index (κ3) is 10.9. The molecule has 0 aromatic carbocycles. The van der Waals surface area contributed by atoms with Gasteiger partial charge in [0.25, 0.3) is 0 Å². The fourth-order valence-electron chi connectivity index (χ4n) is 0.907. The van der Waals surface area contributed by atoms with Gasteiger partial charge in [0, 0.05) is 0 Å². The summed E-state index contributed by atoms with van der Waals surface area (Å²) in [6.07, 6.45) is 4.22. The van der Waals surface area contributed by atoms with E-state index in [1.165, 1.54) is 30.1 Å².